The predicted molar refractivity (Wildman–Crippen MR) is 105 cm³/mol. The Hall–Kier alpha value is -1.56. The number of ether oxygens (including phenoxy) is 1. The van der Waals surface area contributed by atoms with Gasteiger partial charge in [-0.15, -0.1) is 0 Å². The van der Waals surface area contributed by atoms with Crippen molar-refractivity contribution in [1.29, 1.82) is 0 Å². The standard InChI is InChI=1S/C19H37N5O/c1-7-17-16(18(8-2)24(6)23-17)13-22-19(20-9-3)21-11-10-12-25-14-15(4)5/h15H,7-14H2,1-6H3,(H2,20,21,22). The van der Waals surface area contributed by atoms with Crippen LogP contribution in [0.1, 0.15) is 58.0 Å². The molecule has 2 N–H and O–H groups in total. The van der Waals surface area contributed by atoms with Crippen LogP contribution in [0.25, 0.3) is 0 Å². The monoisotopic (exact) mass is 351 g/mol. The lowest BCUT2D eigenvalue weighted by Crippen LogP contribution is -2.38. The van der Waals surface area contributed by atoms with E-state index in [1.807, 2.05) is 11.7 Å². The molecule has 25 heavy (non-hydrogen) atoms. The molecule has 0 fully saturated rings. The zero-order valence-corrected chi connectivity index (χ0v) is 17.0. The molecule has 0 aliphatic carbocycles. The predicted octanol–water partition coefficient (Wildman–Crippen LogP) is 2.66. The van der Waals surface area contributed by atoms with Gasteiger partial charge in [0.2, 0.25) is 0 Å². The molecule has 0 spiro atoms. The second-order valence-electron chi connectivity index (χ2n) is 6.65. The van der Waals surface area contributed by atoms with Gasteiger partial charge in [-0.2, -0.15) is 5.10 Å². The van der Waals surface area contributed by atoms with E-state index in [9.17, 15) is 0 Å². The molecule has 1 aromatic heterocycles. The molecule has 0 atom stereocenters. The highest BCUT2D eigenvalue weighted by Crippen LogP contribution is 2.16. The number of nitrogens with one attached hydrogen (secondary N) is 2. The van der Waals surface area contributed by atoms with Crippen molar-refractivity contribution >= 4 is 5.96 Å². The van der Waals surface area contributed by atoms with Crippen LogP contribution in [0, 0.1) is 5.92 Å². The molecule has 1 aromatic rings. The number of rotatable bonds is 11. The summed E-state index contributed by atoms with van der Waals surface area (Å²) in [5, 5.41) is 11.3. The molecular weight excluding hydrogens is 314 g/mol. The summed E-state index contributed by atoms with van der Waals surface area (Å²) < 4.78 is 7.61. The van der Waals surface area contributed by atoms with Gasteiger partial charge in [-0.1, -0.05) is 27.7 Å². The molecule has 6 heteroatoms. The van der Waals surface area contributed by atoms with Crippen molar-refractivity contribution in [2.75, 3.05) is 26.3 Å². The van der Waals surface area contributed by atoms with Gasteiger partial charge in [0, 0.05) is 44.6 Å². The van der Waals surface area contributed by atoms with E-state index in [0.717, 1.165) is 57.2 Å². The molecule has 0 saturated heterocycles. The molecule has 0 saturated carbocycles. The van der Waals surface area contributed by atoms with Gasteiger partial charge < -0.3 is 15.4 Å². The quantitative estimate of drug-likeness (QED) is 0.365. The average Bonchev–Trinajstić information content (AvgIpc) is 2.90. The summed E-state index contributed by atoms with van der Waals surface area (Å²) in [6, 6.07) is 0. The van der Waals surface area contributed by atoms with E-state index < -0.39 is 0 Å². The lowest BCUT2D eigenvalue weighted by Gasteiger charge is -2.12. The SMILES string of the molecule is CCNC(=NCc1c(CC)nn(C)c1CC)NCCCOCC(C)C. The number of hydrogen-bond donors (Lipinski definition) is 2. The Labute approximate surface area is 153 Å². The fraction of sp³-hybridized carbons (Fsp3) is 0.789. The average molecular weight is 352 g/mol. The van der Waals surface area contributed by atoms with Crippen molar-refractivity contribution in [2.24, 2.45) is 18.0 Å². The van der Waals surface area contributed by atoms with Gasteiger partial charge in [0.15, 0.2) is 5.96 Å². The van der Waals surface area contributed by atoms with Crippen molar-refractivity contribution in [2.45, 2.75) is 60.4 Å². The van der Waals surface area contributed by atoms with E-state index in [0.29, 0.717) is 12.5 Å². The summed E-state index contributed by atoms with van der Waals surface area (Å²) in [6.07, 6.45) is 2.89. The Morgan fingerprint density at radius 2 is 1.96 bits per heavy atom. The Bertz CT molecular complexity index is 522. The van der Waals surface area contributed by atoms with Gasteiger partial charge >= 0.3 is 0 Å². The maximum absolute atomic E-state index is 5.62. The summed E-state index contributed by atoms with van der Waals surface area (Å²) in [5.74, 6) is 1.45. The molecule has 0 unspecified atom stereocenters. The Kier molecular flexibility index (Phi) is 10.2. The fourth-order valence-corrected chi connectivity index (χ4v) is 2.77. The van der Waals surface area contributed by atoms with E-state index in [4.69, 9.17) is 9.73 Å². The summed E-state index contributed by atoms with van der Waals surface area (Å²) in [4.78, 5) is 4.76. The first-order chi connectivity index (χ1) is 12.0. The van der Waals surface area contributed by atoms with Gasteiger partial charge in [-0.25, -0.2) is 4.99 Å². The van der Waals surface area contributed by atoms with Crippen molar-refractivity contribution in [3.63, 3.8) is 0 Å². The minimum atomic E-state index is 0.590. The van der Waals surface area contributed by atoms with E-state index in [1.54, 1.807) is 0 Å². The summed E-state index contributed by atoms with van der Waals surface area (Å²) in [7, 11) is 2.02. The molecule has 0 bridgehead atoms. The number of hydrogen-bond acceptors (Lipinski definition) is 3. The molecule has 1 rings (SSSR count). The highest BCUT2D eigenvalue weighted by Gasteiger charge is 2.13. The van der Waals surface area contributed by atoms with Crippen molar-refractivity contribution < 1.29 is 4.74 Å². The van der Waals surface area contributed by atoms with E-state index in [-0.39, 0.29) is 0 Å². The van der Waals surface area contributed by atoms with Crippen LogP contribution < -0.4 is 10.6 Å². The molecule has 6 nitrogen and oxygen atoms in total. The van der Waals surface area contributed by atoms with Crippen LogP contribution in [-0.2, 0) is 31.2 Å². The van der Waals surface area contributed by atoms with Gasteiger partial charge in [-0.05, 0) is 32.1 Å². The minimum Gasteiger partial charge on any atom is -0.381 e. The Balaban J connectivity index is 2.58. The van der Waals surface area contributed by atoms with Crippen LogP contribution in [0.2, 0.25) is 0 Å². The second-order valence-corrected chi connectivity index (χ2v) is 6.65. The Morgan fingerprint density at radius 3 is 2.56 bits per heavy atom. The minimum absolute atomic E-state index is 0.590. The van der Waals surface area contributed by atoms with E-state index >= 15 is 0 Å². The van der Waals surface area contributed by atoms with Crippen LogP contribution in [0.4, 0.5) is 0 Å². The molecular formula is C19H37N5O. The van der Waals surface area contributed by atoms with Gasteiger partial charge in [0.25, 0.3) is 0 Å². The third-order valence-corrected chi connectivity index (χ3v) is 3.98. The number of nitrogens with zero attached hydrogens (tertiary/aromatic N) is 3. The van der Waals surface area contributed by atoms with Crippen LogP contribution in [0.15, 0.2) is 4.99 Å². The molecule has 0 aromatic carbocycles. The number of guanidine groups is 1. The van der Waals surface area contributed by atoms with Gasteiger partial charge in [0.1, 0.15) is 0 Å². The van der Waals surface area contributed by atoms with Crippen molar-refractivity contribution in [3.05, 3.63) is 17.0 Å². The van der Waals surface area contributed by atoms with Gasteiger partial charge in [-0.3, -0.25) is 4.68 Å². The molecule has 144 valence electrons. The molecule has 0 aliphatic heterocycles. The fourth-order valence-electron chi connectivity index (χ4n) is 2.77. The highest BCUT2D eigenvalue weighted by molar-refractivity contribution is 5.79. The molecule has 0 amide bonds. The lowest BCUT2D eigenvalue weighted by atomic mass is 10.1. The third kappa shape index (κ3) is 7.46. The van der Waals surface area contributed by atoms with Crippen molar-refractivity contribution in [1.82, 2.24) is 20.4 Å². The lowest BCUT2D eigenvalue weighted by molar-refractivity contribution is 0.108. The van der Waals surface area contributed by atoms with Gasteiger partial charge in [0.05, 0.1) is 12.2 Å². The number of aryl methyl sites for hydroxylation is 2. The Morgan fingerprint density at radius 1 is 1.20 bits per heavy atom. The smallest absolute Gasteiger partial charge is 0.191 e. The summed E-state index contributed by atoms with van der Waals surface area (Å²) in [6.45, 7) is 14.7. The van der Waals surface area contributed by atoms with E-state index in [1.165, 1.54) is 11.3 Å². The zero-order valence-electron chi connectivity index (χ0n) is 17.0. The maximum atomic E-state index is 5.62. The topological polar surface area (TPSA) is 63.5 Å². The van der Waals surface area contributed by atoms with Crippen LogP contribution in [0.3, 0.4) is 0 Å². The number of aromatic nitrogens is 2. The van der Waals surface area contributed by atoms with Crippen LogP contribution >= 0.6 is 0 Å². The van der Waals surface area contributed by atoms with Crippen LogP contribution in [-0.4, -0.2) is 42.0 Å². The number of aliphatic imine (C=N–C) groups is 1. The molecule has 0 aliphatic rings. The normalized spacial score (nSPS) is 12.0. The van der Waals surface area contributed by atoms with Crippen molar-refractivity contribution in [3.8, 4) is 0 Å². The largest absolute Gasteiger partial charge is 0.381 e. The third-order valence-electron chi connectivity index (χ3n) is 3.98. The molecule has 1 heterocycles. The zero-order chi connectivity index (χ0) is 18.7. The maximum Gasteiger partial charge on any atom is 0.191 e. The first kappa shape index (κ1) is 21.5. The second kappa shape index (κ2) is 11.9. The van der Waals surface area contributed by atoms with E-state index in [2.05, 4.69) is 50.4 Å². The first-order valence-corrected chi connectivity index (χ1v) is 9.66. The molecule has 0 radical (unpaired) electrons. The first-order valence-electron chi connectivity index (χ1n) is 9.66. The van der Waals surface area contributed by atoms with Crippen LogP contribution in [0.5, 0.6) is 0 Å². The summed E-state index contributed by atoms with van der Waals surface area (Å²) >= 11 is 0. The summed E-state index contributed by atoms with van der Waals surface area (Å²) in [5.41, 5.74) is 3.70. The highest BCUT2D eigenvalue weighted by atomic mass is 16.5.